The quantitative estimate of drug-likeness (QED) is 0.566. The molecule has 0 aliphatic carbocycles. The predicted octanol–water partition coefficient (Wildman–Crippen LogP) is 4.14. The summed E-state index contributed by atoms with van der Waals surface area (Å²) in [4.78, 5) is 4.11. The largest absolute Gasteiger partial charge is 0.240 e. The molecule has 0 aliphatic heterocycles. The van der Waals surface area contributed by atoms with Gasteiger partial charge in [0.05, 0.1) is 11.6 Å². The third-order valence-corrected chi connectivity index (χ3v) is 2.56. The lowest BCUT2D eigenvalue weighted by Gasteiger charge is -2.03. The predicted molar refractivity (Wildman–Crippen MR) is 64.2 cm³/mol. The number of alkyl halides is 1. The maximum Gasteiger partial charge on any atom is 0.130 e. The molecule has 0 unspecified atom stereocenters. The summed E-state index contributed by atoms with van der Waals surface area (Å²) in [5, 5.41) is 0.479. The number of nitrogens with zero attached hydrogens (tertiary/aromatic N) is 1. The standard InChI is InChI=1S/C12H9Cl2N/c13-8-11-6-10(7-12(14)15-11)9-4-2-1-3-5-9/h1-7H,8H2. The third kappa shape index (κ3) is 2.49. The minimum atomic E-state index is 0.375. The average Bonchev–Trinajstić information content (AvgIpc) is 2.29. The smallest absolute Gasteiger partial charge is 0.130 e. The van der Waals surface area contributed by atoms with Crippen LogP contribution in [0.4, 0.5) is 0 Å². The van der Waals surface area contributed by atoms with Crippen LogP contribution in [0.1, 0.15) is 5.69 Å². The van der Waals surface area contributed by atoms with Crippen molar-refractivity contribution in [2.45, 2.75) is 5.88 Å². The molecule has 0 N–H and O–H groups in total. The fraction of sp³-hybridized carbons (Fsp3) is 0.0833. The van der Waals surface area contributed by atoms with Gasteiger partial charge in [-0.3, -0.25) is 0 Å². The Morgan fingerprint density at radius 2 is 1.73 bits per heavy atom. The molecule has 1 nitrogen and oxygen atoms in total. The van der Waals surface area contributed by atoms with Crippen molar-refractivity contribution in [3.05, 3.63) is 53.3 Å². The normalized spacial score (nSPS) is 10.3. The first-order valence-corrected chi connectivity index (χ1v) is 5.48. The van der Waals surface area contributed by atoms with E-state index in [0.717, 1.165) is 16.8 Å². The molecule has 0 radical (unpaired) electrons. The Labute approximate surface area is 98.7 Å². The van der Waals surface area contributed by atoms with Crippen LogP contribution in [0.5, 0.6) is 0 Å². The fourth-order valence-electron chi connectivity index (χ4n) is 1.42. The van der Waals surface area contributed by atoms with Gasteiger partial charge >= 0.3 is 0 Å². The Kier molecular flexibility index (Phi) is 3.24. The first-order valence-electron chi connectivity index (χ1n) is 4.57. The number of rotatable bonds is 2. The van der Waals surface area contributed by atoms with Crippen molar-refractivity contribution in [2.75, 3.05) is 0 Å². The van der Waals surface area contributed by atoms with Gasteiger partial charge in [0.25, 0.3) is 0 Å². The van der Waals surface area contributed by atoms with Crippen LogP contribution in [0, 0.1) is 0 Å². The molecule has 3 heteroatoms. The molecular formula is C12H9Cl2N. The number of benzene rings is 1. The molecular weight excluding hydrogens is 229 g/mol. The monoisotopic (exact) mass is 237 g/mol. The van der Waals surface area contributed by atoms with Crippen molar-refractivity contribution in [3.8, 4) is 11.1 Å². The van der Waals surface area contributed by atoms with Crippen molar-refractivity contribution >= 4 is 23.2 Å². The zero-order valence-corrected chi connectivity index (χ0v) is 9.46. The summed E-state index contributed by atoms with van der Waals surface area (Å²) in [5.74, 6) is 0.375. The van der Waals surface area contributed by atoms with Crippen LogP contribution in [-0.2, 0) is 5.88 Å². The molecule has 0 fully saturated rings. The van der Waals surface area contributed by atoms with E-state index < -0.39 is 0 Å². The second-order valence-electron chi connectivity index (χ2n) is 3.17. The van der Waals surface area contributed by atoms with Gasteiger partial charge in [-0.25, -0.2) is 4.98 Å². The van der Waals surface area contributed by atoms with Crippen molar-refractivity contribution in [2.24, 2.45) is 0 Å². The highest BCUT2D eigenvalue weighted by Gasteiger charge is 2.02. The number of pyridine rings is 1. The van der Waals surface area contributed by atoms with Gasteiger partial charge in [-0.2, -0.15) is 0 Å². The number of hydrogen-bond acceptors (Lipinski definition) is 1. The van der Waals surface area contributed by atoms with Crippen LogP contribution in [0.3, 0.4) is 0 Å². The molecule has 76 valence electrons. The Hall–Kier alpha value is -1.05. The maximum absolute atomic E-state index is 5.91. The Morgan fingerprint density at radius 1 is 1.00 bits per heavy atom. The molecule has 0 amide bonds. The molecule has 2 aromatic rings. The van der Waals surface area contributed by atoms with Gasteiger partial charge in [-0.15, -0.1) is 11.6 Å². The van der Waals surface area contributed by atoms with Gasteiger partial charge in [0, 0.05) is 0 Å². The van der Waals surface area contributed by atoms with E-state index in [9.17, 15) is 0 Å². The van der Waals surface area contributed by atoms with Crippen molar-refractivity contribution in [1.82, 2.24) is 4.98 Å². The van der Waals surface area contributed by atoms with E-state index >= 15 is 0 Å². The van der Waals surface area contributed by atoms with E-state index in [2.05, 4.69) is 4.98 Å². The minimum absolute atomic E-state index is 0.375. The highest BCUT2D eigenvalue weighted by Crippen LogP contribution is 2.23. The van der Waals surface area contributed by atoms with E-state index in [1.165, 1.54) is 0 Å². The van der Waals surface area contributed by atoms with E-state index in [1.807, 2.05) is 42.5 Å². The molecule has 0 atom stereocenters. The van der Waals surface area contributed by atoms with Crippen LogP contribution in [0.15, 0.2) is 42.5 Å². The maximum atomic E-state index is 5.91. The lowest BCUT2D eigenvalue weighted by Crippen LogP contribution is -1.87. The van der Waals surface area contributed by atoms with Crippen molar-refractivity contribution in [3.63, 3.8) is 0 Å². The lowest BCUT2D eigenvalue weighted by molar-refractivity contribution is 1.17. The Balaban J connectivity index is 2.49. The summed E-state index contributed by atoms with van der Waals surface area (Å²) < 4.78 is 0. The summed E-state index contributed by atoms with van der Waals surface area (Å²) in [5.41, 5.74) is 2.96. The molecule has 2 rings (SSSR count). The SMILES string of the molecule is ClCc1cc(-c2ccccc2)cc(Cl)n1. The van der Waals surface area contributed by atoms with Crippen molar-refractivity contribution < 1.29 is 0 Å². The summed E-state index contributed by atoms with van der Waals surface area (Å²) in [6.07, 6.45) is 0. The molecule has 0 spiro atoms. The lowest BCUT2D eigenvalue weighted by atomic mass is 10.1. The van der Waals surface area contributed by atoms with Crippen LogP contribution in [-0.4, -0.2) is 4.98 Å². The van der Waals surface area contributed by atoms with Gasteiger partial charge in [-0.05, 0) is 23.3 Å². The van der Waals surface area contributed by atoms with E-state index in [1.54, 1.807) is 0 Å². The highest BCUT2D eigenvalue weighted by atomic mass is 35.5. The van der Waals surface area contributed by atoms with Crippen LogP contribution in [0.25, 0.3) is 11.1 Å². The first kappa shape index (κ1) is 10.5. The summed E-state index contributed by atoms with van der Waals surface area (Å²) in [6, 6.07) is 13.8. The number of halogens is 2. The zero-order chi connectivity index (χ0) is 10.7. The molecule has 1 heterocycles. The van der Waals surface area contributed by atoms with Crippen molar-refractivity contribution in [1.29, 1.82) is 0 Å². The Morgan fingerprint density at radius 3 is 2.40 bits per heavy atom. The van der Waals surface area contributed by atoms with Crippen LogP contribution < -0.4 is 0 Å². The second-order valence-corrected chi connectivity index (χ2v) is 3.82. The zero-order valence-electron chi connectivity index (χ0n) is 7.95. The third-order valence-electron chi connectivity index (χ3n) is 2.09. The molecule has 0 saturated heterocycles. The molecule has 1 aromatic heterocycles. The van der Waals surface area contributed by atoms with E-state index in [-0.39, 0.29) is 0 Å². The number of hydrogen-bond donors (Lipinski definition) is 0. The molecule has 0 saturated carbocycles. The number of aromatic nitrogens is 1. The summed E-state index contributed by atoms with van der Waals surface area (Å²) in [6.45, 7) is 0. The van der Waals surface area contributed by atoms with Gasteiger partial charge in [0.2, 0.25) is 0 Å². The van der Waals surface area contributed by atoms with E-state index in [4.69, 9.17) is 23.2 Å². The van der Waals surface area contributed by atoms with Gasteiger partial charge < -0.3 is 0 Å². The van der Waals surface area contributed by atoms with Gasteiger partial charge in [0.1, 0.15) is 5.15 Å². The summed E-state index contributed by atoms with van der Waals surface area (Å²) in [7, 11) is 0. The van der Waals surface area contributed by atoms with Crippen LogP contribution >= 0.6 is 23.2 Å². The second kappa shape index (κ2) is 4.65. The Bertz CT molecular complexity index is 454. The van der Waals surface area contributed by atoms with E-state index in [0.29, 0.717) is 11.0 Å². The topological polar surface area (TPSA) is 12.9 Å². The highest BCUT2D eigenvalue weighted by molar-refractivity contribution is 6.29. The van der Waals surface area contributed by atoms with Crippen LogP contribution in [0.2, 0.25) is 5.15 Å². The van der Waals surface area contributed by atoms with Gasteiger partial charge in [-0.1, -0.05) is 41.9 Å². The summed E-state index contributed by atoms with van der Waals surface area (Å²) >= 11 is 11.6. The molecule has 15 heavy (non-hydrogen) atoms. The first-order chi connectivity index (χ1) is 7.29. The van der Waals surface area contributed by atoms with Gasteiger partial charge in [0.15, 0.2) is 0 Å². The minimum Gasteiger partial charge on any atom is -0.240 e. The average molecular weight is 238 g/mol. The molecule has 0 bridgehead atoms. The molecule has 1 aromatic carbocycles. The molecule has 0 aliphatic rings. The fourth-order valence-corrected chi connectivity index (χ4v) is 1.78.